The van der Waals surface area contributed by atoms with E-state index in [1.807, 2.05) is 12.1 Å². The van der Waals surface area contributed by atoms with Gasteiger partial charge in [0.15, 0.2) is 0 Å². The Morgan fingerprint density at radius 3 is 2.47 bits per heavy atom. The van der Waals surface area contributed by atoms with E-state index in [0.717, 1.165) is 11.3 Å². The fourth-order valence-electron chi connectivity index (χ4n) is 1.23. The third-order valence-corrected chi connectivity index (χ3v) is 2.32. The van der Waals surface area contributed by atoms with Crippen LogP contribution in [-0.2, 0) is 4.79 Å². The molecule has 1 atom stereocenters. The van der Waals surface area contributed by atoms with Gasteiger partial charge in [-0.2, -0.15) is 0 Å². The highest BCUT2D eigenvalue weighted by Gasteiger charge is 2.12. The number of ether oxygens (including phenoxy) is 1. The number of amides is 2. The molecule has 19 heavy (non-hydrogen) atoms. The zero-order valence-corrected chi connectivity index (χ0v) is 10.7. The highest BCUT2D eigenvalue weighted by atomic mass is 16.5. The van der Waals surface area contributed by atoms with Crippen molar-refractivity contribution in [3.8, 4) is 5.75 Å². The Balaban J connectivity index is 2.44. The van der Waals surface area contributed by atoms with Crippen LogP contribution in [0.4, 0.5) is 4.79 Å². The van der Waals surface area contributed by atoms with E-state index in [9.17, 15) is 9.59 Å². The number of aliphatic carboxylic acids is 1. The van der Waals surface area contributed by atoms with Gasteiger partial charge in [-0.15, -0.1) is 0 Å². The first-order valence-electron chi connectivity index (χ1n) is 5.63. The van der Waals surface area contributed by atoms with E-state index >= 15 is 0 Å². The summed E-state index contributed by atoms with van der Waals surface area (Å²) in [4.78, 5) is 21.8. The number of urea groups is 1. The van der Waals surface area contributed by atoms with Gasteiger partial charge < -0.3 is 20.5 Å². The third kappa shape index (κ3) is 5.12. The molecule has 2 amide bonds. The van der Waals surface area contributed by atoms with Gasteiger partial charge in [-0.1, -0.05) is 12.1 Å². The summed E-state index contributed by atoms with van der Waals surface area (Å²) in [6.45, 7) is 1.38. The predicted molar refractivity (Wildman–Crippen MR) is 70.8 cm³/mol. The van der Waals surface area contributed by atoms with Gasteiger partial charge in [-0.3, -0.25) is 4.79 Å². The Kier molecular flexibility index (Phi) is 5.40. The second-order valence-electron chi connectivity index (χ2n) is 3.78. The number of carboxylic acids is 1. The van der Waals surface area contributed by atoms with Gasteiger partial charge in [-0.05, 0) is 30.7 Å². The zero-order chi connectivity index (χ0) is 14.3. The van der Waals surface area contributed by atoms with Gasteiger partial charge in [0.1, 0.15) is 11.8 Å². The van der Waals surface area contributed by atoms with E-state index in [1.54, 1.807) is 25.3 Å². The van der Waals surface area contributed by atoms with Gasteiger partial charge in [0.25, 0.3) is 0 Å². The molecule has 0 spiro atoms. The van der Waals surface area contributed by atoms with E-state index < -0.39 is 18.0 Å². The van der Waals surface area contributed by atoms with Crippen LogP contribution in [0.3, 0.4) is 0 Å². The highest BCUT2D eigenvalue weighted by Crippen LogP contribution is 2.11. The monoisotopic (exact) mass is 264 g/mol. The molecule has 0 aliphatic carbocycles. The Morgan fingerprint density at radius 1 is 1.32 bits per heavy atom. The summed E-state index contributed by atoms with van der Waals surface area (Å²) >= 11 is 0. The van der Waals surface area contributed by atoms with Crippen LogP contribution < -0.4 is 15.4 Å². The maximum Gasteiger partial charge on any atom is 0.325 e. The summed E-state index contributed by atoms with van der Waals surface area (Å²) in [5.74, 6) is -0.340. The Labute approximate surface area is 111 Å². The SMILES string of the molecule is COc1ccc(/C=C/NC(=O)NC(C)C(=O)O)cc1. The number of carbonyl (C=O) groups is 2. The molecule has 0 aromatic heterocycles. The van der Waals surface area contributed by atoms with Crippen molar-refractivity contribution in [3.05, 3.63) is 36.0 Å². The number of nitrogens with one attached hydrogen (secondary N) is 2. The summed E-state index contributed by atoms with van der Waals surface area (Å²) in [6.07, 6.45) is 3.12. The summed E-state index contributed by atoms with van der Waals surface area (Å²) in [6, 6.07) is 5.75. The first-order chi connectivity index (χ1) is 9.02. The maximum absolute atomic E-state index is 11.3. The molecule has 0 radical (unpaired) electrons. The average Bonchev–Trinajstić information content (AvgIpc) is 2.39. The van der Waals surface area contributed by atoms with Crippen molar-refractivity contribution in [2.75, 3.05) is 7.11 Å². The topological polar surface area (TPSA) is 87.7 Å². The van der Waals surface area contributed by atoms with Crippen LogP contribution in [0.1, 0.15) is 12.5 Å². The molecule has 102 valence electrons. The second-order valence-corrected chi connectivity index (χ2v) is 3.78. The van der Waals surface area contributed by atoms with Crippen molar-refractivity contribution in [2.45, 2.75) is 13.0 Å². The van der Waals surface area contributed by atoms with Crippen molar-refractivity contribution in [2.24, 2.45) is 0 Å². The van der Waals surface area contributed by atoms with Crippen LogP contribution in [0, 0.1) is 0 Å². The number of hydrogen-bond acceptors (Lipinski definition) is 3. The van der Waals surface area contributed by atoms with Crippen molar-refractivity contribution < 1.29 is 19.4 Å². The first-order valence-corrected chi connectivity index (χ1v) is 5.63. The van der Waals surface area contributed by atoms with Crippen LogP contribution in [0.5, 0.6) is 5.75 Å². The molecule has 0 saturated heterocycles. The minimum Gasteiger partial charge on any atom is -0.497 e. The molecular weight excluding hydrogens is 248 g/mol. The molecule has 0 aliphatic heterocycles. The molecule has 1 unspecified atom stereocenters. The minimum atomic E-state index is -1.09. The van der Waals surface area contributed by atoms with Crippen molar-refractivity contribution in [1.29, 1.82) is 0 Å². The number of carboxylic acid groups (broad SMARTS) is 1. The summed E-state index contributed by atoms with van der Waals surface area (Å²) in [5, 5.41) is 13.3. The van der Waals surface area contributed by atoms with Crippen molar-refractivity contribution >= 4 is 18.1 Å². The lowest BCUT2D eigenvalue weighted by molar-refractivity contribution is -0.138. The molecule has 6 heteroatoms. The number of rotatable bonds is 5. The standard InChI is InChI=1S/C13H16N2O4/c1-9(12(16)17)15-13(18)14-8-7-10-3-5-11(19-2)6-4-10/h3-9H,1-2H3,(H,16,17)(H2,14,15,18)/b8-7+. The quantitative estimate of drug-likeness (QED) is 0.751. The molecule has 1 rings (SSSR count). The Hall–Kier alpha value is -2.50. The van der Waals surface area contributed by atoms with Gasteiger partial charge in [0, 0.05) is 6.20 Å². The van der Waals surface area contributed by atoms with E-state index in [2.05, 4.69) is 10.6 Å². The molecule has 0 bridgehead atoms. The molecule has 1 aromatic carbocycles. The van der Waals surface area contributed by atoms with Crippen LogP contribution >= 0.6 is 0 Å². The number of methoxy groups -OCH3 is 1. The number of hydrogen-bond donors (Lipinski definition) is 3. The summed E-state index contributed by atoms with van der Waals surface area (Å²) < 4.78 is 5.02. The molecule has 1 aromatic rings. The van der Waals surface area contributed by atoms with Gasteiger partial charge in [0.2, 0.25) is 0 Å². The lowest BCUT2D eigenvalue weighted by atomic mass is 10.2. The molecule has 0 heterocycles. The maximum atomic E-state index is 11.3. The van der Waals surface area contributed by atoms with E-state index in [1.165, 1.54) is 13.1 Å². The molecular formula is C13H16N2O4. The predicted octanol–water partition coefficient (Wildman–Crippen LogP) is 1.44. The van der Waals surface area contributed by atoms with E-state index in [-0.39, 0.29) is 0 Å². The molecule has 3 N–H and O–H groups in total. The second kappa shape index (κ2) is 7.05. The van der Waals surface area contributed by atoms with Gasteiger partial charge in [0.05, 0.1) is 7.11 Å². The van der Waals surface area contributed by atoms with Crippen LogP contribution in [-0.4, -0.2) is 30.3 Å². The largest absolute Gasteiger partial charge is 0.497 e. The van der Waals surface area contributed by atoms with E-state index in [4.69, 9.17) is 9.84 Å². The summed E-state index contributed by atoms with van der Waals surface area (Å²) in [5.41, 5.74) is 0.882. The minimum absolute atomic E-state index is 0.570. The van der Waals surface area contributed by atoms with Crippen LogP contribution in [0.15, 0.2) is 30.5 Å². The third-order valence-electron chi connectivity index (χ3n) is 2.32. The van der Waals surface area contributed by atoms with E-state index in [0.29, 0.717) is 0 Å². The first kappa shape index (κ1) is 14.6. The molecule has 0 fully saturated rings. The van der Waals surface area contributed by atoms with Gasteiger partial charge in [-0.25, -0.2) is 4.79 Å². The normalized spacial score (nSPS) is 11.9. The lowest BCUT2D eigenvalue weighted by Gasteiger charge is -2.08. The Morgan fingerprint density at radius 2 is 1.95 bits per heavy atom. The Bertz CT molecular complexity index is 468. The fourth-order valence-corrected chi connectivity index (χ4v) is 1.23. The highest BCUT2D eigenvalue weighted by molar-refractivity contribution is 5.82. The molecule has 0 aliphatic rings. The lowest BCUT2D eigenvalue weighted by Crippen LogP contribution is -2.42. The van der Waals surface area contributed by atoms with Crippen molar-refractivity contribution in [3.63, 3.8) is 0 Å². The smallest absolute Gasteiger partial charge is 0.325 e. The van der Waals surface area contributed by atoms with Gasteiger partial charge >= 0.3 is 12.0 Å². The number of carbonyl (C=O) groups excluding carboxylic acids is 1. The van der Waals surface area contributed by atoms with Crippen molar-refractivity contribution in [1.82, 2.24) is 10.6 Å². The number of benzene rings is 1. The van der Waals surface area contributed by atoms with Crippen LogP contribution in [0.25, 0.3) is 6.08 Å². The zero-order valence-electron chi connectivity index (χ0n) is 10.7. The fraction of sp³-hybridized carbons (Fsp3) is 0.231. The summed E-state index contributed by atoms with van der Waals surface area (Å²) in [7, 11) is 1.58. The molecule has 6 nitrogen and oxygen atoms in total. The average molecular weight is 264 g/mol. The van der Waals surface area contributed by atoms with Crippen LogP contribution in [0.2, 0.25) is 0 Å². The molecule has 0 saturated carbocycles.